The first-order valence-electron chi connectivity index (χ1n) is 8.34. The minimum atomic E-state index is 0.325. The molecule has 0 saturated carbocycles. The minimum absolute atomic E-state index is 0.325. The molecule has 0 aromatic heterocycles. The van der Waals surface area contributed by atoms with E-state index in [-0.39, 0.29) is 0 Å². The number of hydrogen-bond donors (Lipinski definition) is 0. The Morgan fingerprint density at radius 2 is 1.59 bits per heavy atom. The summed E-state index contributed by atoms with van der Waals surface area (Å²) < 4.78 is 5.93. The highest BCUT2D eigenvalue weighted by atomic mass is 16.5. The monoisotopic (exact) mass is 295 g/mol. The van der Waals surface area contributed by atoms with Crippen LogP contribution in [0.3, 0.4) is 0 Å². The highest BCUT2D eigenvalue weighted by Crippen LogP contribution is 2.30. The summed E-state index contributed by atoms with van der Waals surface area (Å²) >= 11 is 0. The van der Waals surface area contributed by atoms with Gasteiger partial charge in [0.1, 0.15) is 0 Å². The molecule has 1 aliphatic heterocycles. The lowest BCUT2D eigenvalue weighted by molar-refractivity contribution is -0.0420. The van der Waals surface area contributed by atoms with Crippen molar-refractivity contribution in [1.29, 1.82) is 0 Å². The third kappa shape index (κ3) is 3.57. The number of morpholine rings is 1. The van der Waals surface area contributed by atoms with Crippen LogP contribution >= 0.6 is 0 Å². The SMILES string of the molecule is CCCC1CN(C(c2ccccc2)c2ccccc2)CCO1. The predicted octanol–water partition coefficient (Wildman–Crippen LogP) is 4.28. The molecule has 0 spiro atoms. The summed E-state index contributed by atoms with van der Waals surface area (Å²) in [5, 5.41) is 0. The normalized spacial score (nSPS) is 19.5. The quantitative estimate of drug-likeness (QED) is 0.816. The summed E-state index contributed by atoms with van der Waals surface area (Å²) in [6, 6.07) is 22.0. The van der Waals surface area contributed by atoms with Gasteiger partial charge in [-0.2, -0.15) is 0 Å². The Bertz CT molecular complexity index is 513. The Kier molecular flexibility index (Phi) is 5.25. The van der Waals surface area contributed by atoms with Gasteiger partial charge in [0.05, 0.1) is 18.8 Å². The van der Waals surface area contributed by atoms with Gasteiger partial charge in [-0.25, -0.2) is 0 Å². The first-order chi connectivity index (χ1) is 10.9. The summed E-state index contributed by atoms with van der Waals surface area (Å²) in [7, 11) is 0. The zero-order chi connectivity index (χ0) is 15.2. The molecule has 0 amide bonds. The number of benzene rings is 2. The van der Waals surface area contributed by atoms with Crippen LogP contribution in [-0.4, -0.2) is 30.7 Å². The number of nitrogens with zero attached hydrogens (tertiary/aromatic N) is 1. The van der Waals surface area contributed by atoms with Crippen molar-refractivity contribution in [3.8, 4) is 0 Å². The maximum absolute atomic E-state index is 5.93. The molecule has 1 saturated heterocycles. The summed E-state index contributed by atoms with van der Waals surface area (Å²) in [6.07, 6.45) is 2.70. The van der Waals surface area contributed by atoms with Gasteiger partial charge in [-0.1, -0.05) is 74.0 Å². The molecule has 0 N–H and O–H groups in total. The van der Waals surface area contributed by atoms with E-state index in [1.807, 2.05) is 0 Å². The number of rotatable bonds is 5. The maximum Gasteiger partial charge on any atom is 0.0702 e. The third-order valence-electron chi connectivity index (χ3n) is 4.38. The Morgan fingerprint density at radius 3 is 2.14 bits per heavy atom. The van der Waals surface area contributed by atoms with E-state index in [9.17, 15) is 0 Å². The van der Waals surface area contributed by atoms with E-state index >= 15 is 0 Å². The fraction of sp³-hybridized carbons (Fsp3) is 0.400. The molecular weight excluding hydrogens is 270 g/mol. The van der Waals surface area contributed by atoms with E-state index in [1.54, 1.807) is 0 Å². The average molecular weight is 295 g/mol. The lowest BCUT2D eigenvalue weighted by Gasteiger charge is -2.39. The van der Waals surface area contributed by atoms with E-state index in [0.717, 1.165) is 26.1 Å². The summed E-state index contributed by atoms with van der Waals surface area (Å²) in [5.74, 6) is 0. The molecule has 1 fully saturated rings. The first-order valence-corrected chi connectivity index (χ1v) is 8.34. The molecule has 2 heteroatoms. The van der Waals surface area contributed by atoms with Gasteiger partial charge in [0.2, 0.25) is 0 Å². The van der Waals surface area contributed by atoms with Crippen molar-refractivity contribution in [2.45, 2.75) is 31.9 Å². The second kappa shape index (κ2) is 7.57. The van der Waals surface area contributed by atoms with Crippen LogP contribution in [0.25, 0.3) is 0 Å². The molecule has 116 valence electrons. The molecule has 0 bridgehead atoms. The van der Waals surface area contributed by atoms with Crippen molar-refractivity contribution in [2.75, 3.05) is 19.7 Å². The second-order valence-electron chi connectivity index (χ2n) is 6.00. The smallest absolute Gasteiger partial charge is 0.0702 e. The molecule has 0 aliphatic carbocycles. The molecule has 0 radical (unpaired) electrons. The lowest BCUT2D eigenvalue weighted by Crippen LogP contribution is -2.44. The number of hydrogen-bond acceptors (Lipinski definition) is 2. The van der Waals surface area contributed by atoms with E-state index in [0.29, 0.717) is 12.1 Å². The van der Waals surface area contributed by atoms with E-state index < -0.39 is 0 Å². The van der Waals surface area contributed by atoms with Crippen molar-refractivity contribution >= 4 is 0 Å². The van der Waals surface area contributed by atoms with Gasteiger partial charge in [0, 0.05) is 13.1 Å². The molecule has 1 heterocycles. The Hall–Kier alpha value is -1.64. The summed E-state index contributed by atoms with van der Waals surface area (Å²) in [6.45, 7) is 5.08. The van der Waals surface area contributed by atoms with Crippen LogP contribution in [0, 0.1) is 0 Å². The van der Waals surface area contributed by atoms with Crippen molar-refractivity contribution < 1.29 is 4.74 Å². The van der Waals surface area contributed by atoms with Gasteiger partial charge < -0.3 is 4.74 Å². The molecule has 2 aromatic carbocycles. The van der Waals surface area contributed by atoms with E-state index in [4.69, 9.17) is 4.74 Å². The van der Waals surface area contributed by atoms with Gasteiger partial charge in [0.15, 0.2) is 0 Å². The van der Waals surface area contributed by atoms with Crippen molar-refractivity contribution in [2.24, 2.45) is 0 Å². The lowest BCUT2D eigenvalue weighted by atomic mass is 9.96. The Morgan fingerprint density at radius 1 is 1.00 bits per heavy atom. The topological polar surface area (TPSA) is 12.5 Å². The van der Waals surface area contributed by atoms with Crippen molar-refractivity contribution in [3.05, 3.63) is 71.8 Å². The highest BCUT2D eigenvalue weighted by Gasteiger charge is 2.27. The first kappa shape index (κ1) is 15.3. The van der Waals surface area contributed by atoms with Gasteiger partial charge >= 0.3 is 0 Å². The molecule has 1 unspecified atom stereocenters. The summed E-state index contributed by atoms with van der Waals surface area (Å²) in [5.41, 5.74) is 2.73. The van der Waals surface area contributed by atoms with Gasteiger partial charge in [-0.15, -0.1) is 0 Å². The van der Waals surface area contributed by atoms with Crippen LogP contribution in [0.2, 0.25) is 0 Å². The minimum Gasteiger partial charge on any atom is -0.376 e. The zero-order valence-corrected chi connectivity index (χ0v) is 13.3. The molecule has 3 rings (SSSR count). The van der Waals surface area contributed by atoms with Crippen LogP contribution in [0.1, 0.15) is 36.9 Å². The average Bonchev–Trinajstić information content (AvgIpc) is 2.58. The molecule has 1 atom stereocenters. The predicted molar refractivity (Wildman–Crippen MR) is 90.9 cm³/mol. The van der Waals surface area contributed by atoms with Crippen LogP contribution in [-0.2, 0) is 4.74 Å². The van der Waals surface area contributed by atoms with Crippen LogP contribution in [0.15, 0.2) is 60.7 Å². The fourth-order valence-corrected chi connectivity index (χ4v) is 3.36. The zero-order valence-electron chi connectivity index (χ0n) is 13.3. The van der Waals surface area contributed by atoms with Crippen LogP contribution in [0.5, 0.6) is 0 Å². The molecular formula is C20H25NO. The van der Waals surface area contributed by atoms with E-state index in [1.165, 1.54) is 17.5 Å². The van der Waals surface area contributed by atoms with Crippen molar-refractivity contribution in [1.82, 2.24) is 4.90 Å². The second-order valence-corrected chi connectivity index (χ2v) is 6.00. The molecule has 22 heavy (non-hydrogen) atoms. The maximum atomic E-state index is 5.93. The Labute approximate surface area is 133 Å². The third-order valence-corrected chi connectivity index (χ3v) is 4.38. The highest BCUT2D eigenvalue weighted by molar-refractivity contribution is 5.31. The van der Waals surface area contributed by atoms with Gasteiger partial charge in [0.25, 0.3) is 0 Å². The van der Waals surface area contributed by atoms with Gasteiger partial charge in [-0.05, 0) is 17.5 Å². The molecule has 2 aromatic rings. The van der Waals surface area contributed by atoms with Crippen LogP contribution in [0.4, 0.5) is 0 Å². The largest absolute Gasteiger partial charge is 0.376 e. The Balaban J connectivity index is 1.89. The van der Waals surface area contributed by atoms with Gasteiger partial charge in [-0.3, -0.25) is 4.90 Å². The van der Waals surface area contributed by atoms with Crippen LogP contribution < -0.4 is 0 Å². The number of ether oxygens (including phenoxy) is 1. The van der Waals surface area contributed by atoms with Crippen molar-refractivity contribution in [3.63, 3.8) is 0 Å². The standard InChI is InChI=1S/C20H25NO/c1-2-9-19-16-21(14-15-22-19)20(17-10-5-3-6-11-17)18-12-7-4-8-13-18/h3-8,10-13,19-20H,2,9,14-16H2,1H3. The fourth-order valence-electron chi connectivity index (χ4n) is 3.36. The molecule has 1 aliphatic rings. The molecule has 2 nitrogen and oxygen atoms in total. The summed E-state index contributed by atoms with van der Waals surface area (Å²) in [4.78, 5) is 2.58. The van der Waals surface area contributed by atoms with E-state index in [2.05, 4.69) is 72.5 Å².